The lowest BCUT2D eigenvalue weighted by atomic mass is 9.98. The van der Waals surface area contributed by atoms with Crippen LogP contribution in [0.2, 0.25) is 0 Å². The molecule has 2 aliphatic rings. The van der Waals surface area contributed by atoms with Gasteiger partial charge in [-0.3, -0.25) is 4.79 Å². The van der Waals surface area contributed by atoms with Gasteiger partial charge in [0.05, 0.1) is 0 Å². The Morgan fingerprint density at radius 2 is 1.43 bits per heavy atom. The van der Waals surface area contributed by atoms with Crippen molar-refractivity contribution < 1.29 is 23.9 Å². The van der Waals surface area contributed by atoms with Gasteiger partial charge in [-0.15, -0.1) is 0 Å². The molecule has 3 aromatic carbocycles. The van der Waals surface area contributed by atoms with Gasteiger partial charge in [0.1, 0.15) is 18.2 Å². The molecule has 5 rings (SSSR count). The number of rotatable bonds is 6. The molecule has 1 aliphatic heterocycles. The molecular formula is C32H35N3O5. The predicted octanol–water partition coefficient (Wildman–Crippen LogP) is 5.52. The molecule has 0 aromatic heterocycles. The van der Waals surface area contributed by atoms with Gasteiger partial charge in [-0.05, 0) is 55.0 Å². The van der Waals surface area contributed by atoms with Crippen LogP contribution in [0.5, 0.6) is 0 Å². The Labute approximate surface area is 234 Å². The van der Waals surface area contributed by atoms with Gasteiger partial charge in [-0.25, -0.2) is 19.6 Å². The number of fused-ring (bicyclic) bond motifs is 3. The molecule has 1 atom stereocenters. The molecular weight excluding hydrogens is 506 g/mol. The van der Waals surface area contributed by atoms with Gasteiger partial charge in [-0.1, -0.05) is 78.9 Å². The quantitative estimate of drug-likeness (QED) is 0.444. The summed E-state index contributed by atoms with van der Waals surface area (Å²) in [5.41, 5.74) is 4.68. The SMILES string of the molecule is CC(C)(C)OC(=O)N1CCCN1C(=O)[C@H](Cc1ccccc1)NC(=O)OCC1c2ccccc2-c2ccccc21. The van der Waals surface area contributed by atoms with E-state index in [1.54, 1.807) is 20.8 Å². The average Bonchev–Trinajstić information content (AvgIpc) is 3.54. The highest BCUT2D eigenvalue weighted by atomic mass is 16.6. The van der Waals surface area contributed by atoms with Crippen LogP contribution >= 0.6 is 0 Å². The summed E-state index contributed by atoms with van der Waals surface area (Å²) >= 11 is 0. The Bertz CT molecular complexity index is 1340. The standard InChI is InChI=1S/C32H35N3O5/c1-32(2,3)40-31(38)35-19-11-18-34(35)29(36)28(20-22-12-5-4-6-13-22)33-30(37)39-21-27-25-16-9-7-14-23(25)24-15-8-10-17-26(24)27/h4-10,12-17,27-28H,11,18-21H2,1-3H3,(H,33,37)/t28-/m0/s1. The molecule has 1 N–H and O–H groups in total. The minimum absolute atomic E-state index is 0.0948. The monoisotopic (exact) mass is 541 g/mol. The molecule has 1 aliphatic carbocycles. The minimum Gasteiger partial charge on any atom is -0.449 e. The minimum atomic E-state index is -0.930. The van der Waals surface area contributed by atoms with Crippen molar-refractivity contribution >= 4 is 18.1 Å². The van der Waals surface area contributed by atoms with Gasteiger partial charge < -0.3 is 14.8 Å². The van der Waals surface area contributed by atoms with Crippen molar-refractivity contribution in [2.45, 2.75) is 51.2 Å². The highest BCUT2D eigenvalue weighted by molar-refractivity contribution is 5.87. The number of amides is 3. The van der Waals surface area contributed by atoms with Crippen molar-refractivity contribution in [1.82, 2.24) is 15.3 Å². The van der Waals surface area contributed by atoms with Crippen LogP contribution in [0.4, 0.5) is 9.59 Å². The fourth-order valence-electron chi connectivity index (χ4n) is 5.36. The average molecular weight is 542 g/mol. The zero-order valence-electron chi connectivity index (χ0n) is 23.1. The first-order valence-electron chi connectivity index (χ1n) is 13.7. The lowest BCUT2D eigenvalue weighted by molar-refractivity contribution is -0.145. The summed E-state index contributed by atoms with van der Waals surface area (Å²) in [6.07, 6.45) is -0.395. The Kier molecular flexibility index (Phi) is 7.78. The van der Waals surface area contributed by atoms with Crippen LogP contribution in [-0.2, 0) is 20.7 Å². The van der Waals surface area contributed by atoms with Crippen molar-refractivity contribution in [3.05, 3.63) is 95.6 Å². The summed E-state index contributed by atoms with van der Waals surface area (Å²) in [5.74, 6) is -0.483. The number of nitrogens with zero attached hydrogens (tertiary/aromatic N) is 2. The lowest BCUT2D eigenvalue weighted by Gasteiger charge is -2.32. The molecule has 0 bridgehead atoms. The van der Waals surface area contributed by atoms with E-state index >= 15 is 0 Å². The van der Waals surface area contributed by atoms with Crippen molar-refractivity contribution in [3.63, 3.8) is 0 Å². The normalized spacial score (nSPS) is 15.3. The predicted molar refractivity (Wildman–Crippen MR) is 151 cm³/mol. The number of hydrogen-bond donors (Lipinski definition) is 1. The number of nitrogens with one attached hydrogen (secondary N) is 1. The highest BCUT2D eigenvalue weighted by Gasteiger charge is 2.38. The number of alkyl carbamates (subject to hydrolysis) is 1. The molecule has 208 valence electrons. The second-order valence-corrected chi connectivity index (χ2v) is 11.1. The summed E-state index contributed by atoms with van der Waals surface area (Å²) in [5, 5.41) is 5.50. The molecule has 1 fully saturated rings. The smallest absolute Gasteiger partial charge is 0.429 e. The molecule has 1 heterocycles. The second kappa shape index (κ2) is 11.4. The Balaban J connectivity index is 1.31. The summed E-state index contributed by atoms with van der Waals surface area (Å²) < 4.78 is 11.2. The molecule has 8 nitrogen and oxygen atoms in total. The van der Waals surface area contributed by atoms with Crippen molar-refractivity contribution in [3.8, 4) is 11.1 Å². The topological polar surface area (TPSA) is 88.2 Å². The first-order valence-corrected chi connectivity index (χ1v) is 13.7. The third kappa shape index (κ3) is 5.96. The first-order chi connectivity index (χ1) is 19.2. The molecule has 40 heavy (non-hydrogen) atoms. The lowest BCUT2D eigenvalue weighted by Crippen LogP contribution is -2.55. The molecule has 3 amide bonds. The van der Waals surface area contributed by atoms with Crippen LogP contribution in [0.25, 0.3) is 11.1 Å². The number of carbonyl (C=O) groups is 3. The fraction of sp³-hybridized carbons (Fsp3) is 0.344. The van der Waals surface area contributed by atoms with Gasteiger partial charge in [0, 0.05) is 25.4 Å². The van der Waals surface area contributed by atoms with E-state index in [9.17, 15) is 14.4 Å². The van der Waals surface area contributed by atoms with E-state index in [1.165, 1.54) is 10.0 Å². The van der Waals surface area contributed by atoms with Crippen LogP contribution in [0.3, 0.4) is 0 Å². The first kappa shape index (κ1) is 27.2. The van der Waals surface area contributed by atoms with Crippen molar-refractivity contribution in [2.75, 3.05) is 19.7 Å². The number of benzene rings is 3. The summed E-state index contributed by atoms with van der Waals surface area (Å²) in [4.78, 5) is 39.7. The maximum Gasteiger partial charge on any atom is 0.429 e. The number of carbonyl (C=O) groups excluding carboxylic acids is 3. The zero-order valence-corrected chi connectivity index (χ0v) is 23.1. The maximum atomic E-state index is 13.8. The largest absolute Gasteiger partial charge is 0.449 e. The molecule has 0 saturated carbocycles. The third-order valence-electron chi connectivity index (χ3n) is 7.11. The maximum absolute atomic E-state index is 13.8. The number of ether oxygens (including phenoxy) is 2. The van der Waals surface area contributed by atoms with E-state index in [1.807, 2.05) is 54.6 Å². The molecule has 8 heteroatoms. The van der Waals surface area contributed by atoms with E-state index in [-0.39, 0.29) is 24.9 Å². The molecule has 0 unspecified atom stereocenters. The van der Waals surface area contributed by atoms with Crippen LogP contribution in [-0.4, -0.2) is 59.5 Å². The fourth-order valence-corrected chi connectivity index (χ4v) is 5.36. The Morgan fingerprint density at radius 1 is 0.850 bits per heavy atom. The van der Waals surface area contributed by atoms with Crippen molar-refractivity contribution in [2.24, 2.45) is 0 Å². The van der Waals surface area contributed by atoms with Gasteiger partial charge in [0.15, 0.2) is 0 Å². The number of hydrogen-bond acceptors (Lipinski definition) is 5. The summed E-state index contributed by atoms with van der Waals surface area (Å²) in [6.45, 7) is 6.21. The Morgan fingerprint density at radius 3 is 2.05 bits per heavy atom. The van der Waals surface area contributed by atoms with Crippen LogP contribution in [0.15, 0.2) is 78.9 Å². The molecule has 3 aromatic rings. The summed E-state index contributed by atoms with van der Waals surface area (Å²) in [7, 11) is 0. The molecule has 0 radical (unpaired) electrons. The van der Waals surface area contributed by atoms with Crippen LogP contribution < -0.4 is 5.32 Å². The number of hydrazine groups is 1. The van der Waals surface area contributed by atoms with E-state index in [0.29, 0.717) is 19.5 Å². The Hall–Kier alpha value is -4.33. The summed E-state index contributed by atoms with van der Waals surface area (Å²) in [6, 6.07) is 24.8. The molecule has 1 saturated heterocycles. The van der Waals surface area contributed by atoms with Gasteiger partial charge in [0.2, 0.25) is 0 Å². The van der Waals surface area contributed by atoms with Crippen LogP contribution in [0, 0.1) is 0 Å². The van der Waals surface area contributed by atoms with Gasteiger partial charge >= 0.3 is 12.2 Å². The van der Waals surface area contributed by atoms with E-state index in [2.05, 4.69) is 29.6 Å². The van der Waals surface area contributed by atoms with Crippen LogP contribution in [0.1, 0.15) is 49.8 Å². The van der Waals surface area contributed by atoms with Gasteiger partial charge in [-0.2, -0.15) is 0 Å². The highest BCUT2D eigenvalue weighted by Crippen LogP contribution is 2.44. The molecule has 0 spiro atoms. The zero-order chi connectivity index (χ0) is 28.3. The van der Waals surface area contributed by atoms with Crippen molar-refractivity contribution in [1.29, 1.82) is 0 Å². The third-order valence-corrected chi connectivity index (χ3v) is 7.11. The van der Waals surface area contributed by atoms with E-state index < -0.39 is 23.8 Å². The van der Waals surface area contributed by atoms with Gasteiger partial charge in [0.25, 0.3) is 5.91 Å². The second-order valence-electron chi connectivity index (χ2n) is 11.1. The van der Waals surface area contributed by atoms with E-state index in [4.69, 9.17) is 9.47 Å². The van der Waals surface area contributed by atoms with E-state index in [0.717, 1.165) is 27.8 Å².